The summed E-state index contributed by atoms with van der Waals surface area (Å²) in [5, 5.41) is 0.936. The van der Waals surface area contributed by atoms with Gasteiger partial charge in [0.05, 0.1) is 16.6 Å². The zero-order chi connectivity index (χ0) is 9.00. The van der Waals surface area contributed by atoms with Crippen LogP contribution in [0.3, 0.4) is 0 Å². The van der Waals surface area contributed by atoms with Crippen molar-refractivity contribution in [2.24, 2.45) is 0 Å². The quantitative estimate of drug-likeness (QED) is 0.542. The van der Waals surface area contributed by atoms with Crippen molar-refractivity contribution in [1.82, 2.24) is 14.4 Å². The minimum Gasteiger partial charge on any atom is -0.340 e. The fraction of sp³-hybridized carbons (Fsp3) is 0.100. The van der Waals surface area contributed by atoms with Crippen molar-refractivity contribution < 1.29 is 0 Å². The van der Waals surface area contributed by atoms with E-state index in [-0.39, 0.29) is 0 Å². The van der Waals surface area contributed by atoms with Crippen LogP contribution in [0.4, 0.5) is 0 Å². The van der Waals surface area contributed by atoms with Crippen LogP contribution in [0.5, 0.6) is 0 Å². The summed E-state index contributed by atoms with van der Waals surface area (Å²) in [6.07, 6.45) is 0. The van der Waals surface area contributed by atoms with Crippen LogP contribution in [0.1, 0.15) is 5.69 Å². The Hall–Kier alpha value is -1.77. The number of imidazole rings is 2. The van der Waals surface area contributed by atoms with Crippen molar-refractivity contribution in [3.05, 3.63) is 29.2 Å². The molecule has 3 rings (SSSR count). The SMILES string of the molecule is C=c1[nH]c2cccc3nc(C)c1n32. The third-order valence-corrected chi connectivity index (χ3v) is 2.38. The molecule has 0 aliphatic carbocycles. The lowest BCUT2D eigenvalue weighted by Gasteiger charge is -1.90. The molecular formula is C10H9N3. The Morgan fingerprint density at radius 1 is 1.46 bits per heavy atom. The lowest BCUT2D eigenvalue weighted by Crippen LogP contribution is -1.97. The highest BCUT2D eigenvalue weighted by molar-refractivity contribution is 5.69. The van der Waals surface area contributed by atoms with Crippen LogP contribution in [-0.2, 0) is 0 Å². The number of aromatic nitrogens is 3. The number of pyridine rings is 1. The molecule has 0 bridgehead atoms. The molecule has 0 aliphatic rings. The van der Waals surface area contributed by atoms with Gasteiger partial charge >= 0.3 is 0 Å². The molecule has 0 fully saturated rings. The maximum atomic E-state index is 4.44. The van der Waals surface area contributed by atoms with Crippen molar-refractivity contribution in [1.29, 1.82) is 0 Å². The summed E-state index contributed by atoms with van der Waals surface area (Å²) in [5.41, 5.74) is 4.17. The molecule has 0 amide bonds. The summed E-state index contributed by atoms with van der Waals surface area (Å²) >= 11 is 0. The predicted octanol–water partition coefficient (Wildman–Crippen LogP) is 1.25. The lowest BCUT2D eigenvalue weighted by atomic mass is 10.4. The van der Waals surface area contributed by atoms with E-state index >= 15 is 0 Å². The van der Waals surface area contributed by atoms with E-state index in [4.69, 9.17) is 0 Å². The topological polar surface area (TPSA) is 33.1 Å². The molecule has 0 saturated heterocycles. The number of nitrogens with one attached hydrogen (secondary N) is 1. The molecule has 13 heavy (non-hydrogen) atoms. The Labute approximate surface area is 74.7 Å². The van der Waals surface area contributed by atoms with Gasteiger partial charge < -0.3 is 4.98 Å². The summed E-state index contributed by atoms with van der Waals surface area (Å²) in [5.74, 6) is 0. The molecule has 0 aromatic carbocycles. The van der Waals surface area contributed by atoms with E-state index in [0.717, 1.165) is 27.9 Å². The number of hydrogen-bond donors (Lipinski definition) is 1. The first-order valence-corrected chi connectivity index (χ1v) is 4.22. The van der Waals surface area contributed by atoms with Gasteiger partial charge in [-0.25, -0.2) is 4.98 Å². The number of rotatable bonds is 0. The van der Waals surface area contributed by atoms with Crippen molar-refractivity contribution in [2.45, 2.75) is 6.92 Å². The molecule has 0 atom stereocenters. The van der Waals surface area contributed by atoms with E-state index in [2.05, 4.69) is 20.9 Å². The molecule has 64 valence electrons. The van der Waals surface area contributed by atoms with Gasteiger partial charge in [0.15, 0.2) is 0 Å². The average molecular weight is 171 g/mol. The van der Waals surface area contributed by atoms with Gasteiger partial charge in [-0.1, -0.05) is 12.6 Å². The largest absolute Gasteiger partial charge is 0.340 e. The van der Waals surface area contributed by atoms with Crippen LogP contribution >= 0.6 is 0 Å². The Morgan fingerprint density at radius 2 is 2.31 bits per heavy atom. The highest BCUT2D eigenvalue weighted by Gasteiger charge is 2.08. The van der Waals surface area contributed by atoms with Crippen LogP contribution in [0.25, 0.3) is 23.4 Å². The summed E-state index contributed by atoms with van der Waals surface area (Å²) in [7, 11) is 0. The molecule has 3 heterocycles. The molecule has 0 spiro atoms. The fourth-order valence-electron chi connectivity index (χ4n) is 1.87. The summed E-state index contributed by atoms with van der Waals surface area (Å²) in [6.45, 7) is 5.96. The maximum absolute atomic E-state index is 4.44. The molecule has 3 heteroatoms. The van der Waals surface area contributed by atoms with Gasteiger partial charge in [0.25, 0.3) is 0 Å². The molecule has 3 aromatic heterocycles. The highest BCUT2D eigenvalue weighted by atomic mass is 15.1. The monoisotopic (exact) mass is 171 g/mol. The van der Waals surface area contributed by atoms with E-state index < -0.39 is 0 Å². The molecule has 3 nitrogen and oxygen atoms in total. The van der Waals surface area contributed by atoms with Crippen molar-refractivity contribution in [2.75, 3.05) is 0 Å². The van der Waals surface area contributed by atoms with Gasteiger partial charge in [0, 0.05) is 0 Å². The zero-order valence-electron chi connectivity index (χ0n) is 7.33. The first-order chi connectivity index (χ1) is 6.27. The van der Waals surface area contributed by atoms with E-state index in [9.17, 15) is 0 Å². The second kappa shape index (κ2) is 1.93. The van der Waals surface area contributed by atoms with E-state index in [0.29, 0.717) is 0 Å². The number of aromatic amines is 1. The van der Waals surface area contributed by atoms with E-state index in [1.54, 1.807) is 0 Å². The maximum Gasteiger partial charge on any atom is 0.139 e. The van der Waals surface area contributed by atoms with E-state index in [1.165, 1.54) is 0 Å². The third kappa shape index (κ3) is 0.667. The Bertz CT molecular complexity index is 630. The van der Waals surface area contributed by atoms with Crippen molar-refractivity contribution in [3.63, 3.8) is 0 Å². The second-order valence-corrected chi connectivity index (χ2v) is 3.25. The molecule has 0 saturated carbocycles. The minimum absolute atomic E-state index is 0.936. The standard InChI is InChI=1S/C10H9N3/c1-6-10-7(2)12-9-5-3-4-8(11-6)13(9)10/h3-5,11H,1H2,2H3. The third-order valence-electron chi connectivity index (χ3n) is 2.38. The lowest BCUT2D eigenvalue weighted by molar-refractivity contribution is 1.24. The fourth-order valence-corrected chi connectivity index (χ4v) is 1.87. The van der Waals surface area contributed by atoms with Gasteiger partial charge in [0.2, 0.25) is 0 Å². The van der Waals surface area contributed by atoms with Gasteiger partial charge in [0.1, 0.15) is 11.3 Å². The van der Waals surface area contributed by atoms with Crippen LogP contribution in [0, 0.1) is 6.92 Å². The minimum atomic E-state index is 0.936. The molecular weight excluding hydrogens is 162 g/mol. The van der Waals surface area contributed by atoms with Crippen LogP contribution < -0.4 is 5.35 Å². The first kappa shape index (κ1) is 6.71. The van der Waals surface area contributed by atoms with Crippen molar-refractivity contribution in [3.8, 4) is 0 Å². The highest BCUT2D eigenvalue weighted by Crippen LogP contribution is 2.13. The Balaban J connectivity index is 2.84. The zero-order valence-corrected chi connectivity index (χ0v) is 7.33. The molecule has 0 unspecified atom stereocenters. The summed E-state index contributed by atoms with van der Waals surface area (Å²) < 4.78 is 2.09. The van der Waals surface area contributed by atoms with Crippen LogP contribution in [0.15, 0.2) is 18.2 Å². The van der Waals surface area contributed by atoms with Crippen LogP contribution in [-0.4, -0.2) is 14.4 Å². The number of aryl methyl sites for hydroxylation is 1. The smallest absolute Gasteiger partial charge is 0.139 e. The summed E-state index contributed by atoms with van der Waals surface area (Å²) in [4.78, 5) is 7.66. The Kier molecular flexibility index (Phi) is 0.999. The molecule has 1 N–H and O–H groups in total. The molecule has 0 aliphatic heterocycles. The normalized spacial score (nSPS) is 11.8. The summed E-state index contributed by atoms with van der Waals surface area (Å²) in [6, 6.07) is 6.02. The predicted molar refractivity (Wildman–Crippen MR) is 52.5 cm³/mol. The van der Waals surface area contributed by atoms with Gasteiger partial charge in [-0.05, 0) is 19.1 Å². The van der Waals surface area contributed by atoms with Gasteiger partial charge in [-0.3, -0.25) is 4.40 Å². The molecule has 0 radical (unpaired) electrons. The number of nitrogens with zero attached hydrogens (tertiary/aromatic N) is 2. The molecule has 3 aromatic rings. The second-order valence-electron chi connectivity index (χ2n) is 3.25. The first-order valence-electron chi connectivity index (χ1n) is 4.22. The number of hydrogen-bond acceptors (Lipinski definition) is 1. The average Bonchev–Trinajstić information content (AvgIpc) is 2.57. The van der Waals surface area contributed by atoms with Crippen LogP contribution in [0.2, 0.25) is 0 Å². The van der Waals surface area contributed by atoms with E-state index in [1.807, 2.05) is 25.1 Å². The van der Waals surface area contributed by atoms with Crippen molar-refractivity contribution >= 4 is 23.4 Å². The van der Waals surface area contributed by atoms with Gasteiger partial charge in [-0.2, -0.15) is 0 Å². The van der Waals surface area contributed by atoms with Gasteiger partial charge in [-0.15, -0.1) is 0 Å². The number of H-pyrrole nitrogens is 1. The Morgan fingerprint density at radius 3 is 3.15 bits per heavy atom.